The molecule has 0 spiro atoms. The third kappa shape index (κ3) is 3.55. The van der Waals surface area contributed by atoms with Crippen LogP contribution in [0.5, 0.6) is 0 Å². The highest BCUT2D eigenvalue weighted by Gasteiger charge is 2.20. The number of aromatic amines is 1. The summed E-state index contributed by atoms with van der Waals surface area (Å²) in [7, 11) is 0. The molecule has 0 radical (unpaired) electrons. The highest BCUT2D eigenvalue weighted by molar-refractivity contribution is 6.34. The molecule has 5 aromatic rings. The maximum atomic E-state index is 13.9. The molecule has 0 unspecified atom stereocenters. The summed E-state index contributed by atoms with van der Waals surface area (Å²) in [5.41, 5.74) is 1.42. The number of hydrogen-bond acceptors (Lipinski definition) is 6. The number of H-pyrrole nitrogens is 1. The predicted molar refractivity (Wildman–Crippen MR) is 121 cm³/mol. The van der Waals surface area contributed by atoms with Crippen LogP contribution in [0.2, 0.25) is 10.0 Å². The number of hydrogen-bond donors (Lipinski definition) is 2. The Kier molecular flexibility index (Phi) is 4.99. The van der Waals surface area contributed by atoms with Crippen LogP contribution in [-0.4, -0.2) is 29.5 Å². The van der Waals surface area contributed by atoms with Crippen molar-refractivity contribution in [2.45, 2.75) is 13.0 Å². The van der Waals surface area contributed by atoms with E-state index in [-0.39, 0.29) is 5.39 Å². The molecule has 2 N–H and O–H groups in total. The van der Waals surface area contributed by atoms with Crippen LogP contribution in [0.4, 0.5) is 10.2 Å². The Morgan fingerprint density at radius 2 is 1.88 bits per heavy atom. The zero-order valence-corrected chi connectivity index (χ0v) is 18.0. The van der Waals surface area contributed by atoms with E-state index in [4.69, 9.17) is 23.2 Å². The van der Waals surface area contributed by atoms with Crippen molar-refractivity contribution in [1.82, 2.24) is 29.5 Å². The molecule has 8 nitrogen and oxygen atoms in total. The minimum atomic E-state index is -0.534. The Hall–Kier alpha value is -3.56. The standard InChI is InChI=1S/C21H14Cl2FN7O/c1-10(29-19-17-18(26-8-25-17)27-9-28-19)20-30-16-3-2-13(24)7-15(16)21(32)31(20)14-5-11(22)4-12(23)6-14/h2-10H,1H3,(H2,25,26,27,28,29)/t10-/m1/s1. The lowest BCUT2D eigenvalue weighted by Gasteiger charge is -2.20. The quantitative estimate of drug-likeness (QED) is 0.396. The number of aromatic nitrogens is 6. The number of halogens is 3. The third-order valence-electron chi connectivity index (χ3n) is 4.92. The molecule has 0 saturated heterocycles. The highest BCUT2D eigenvalue weighted by atomic mass is 35.5. The summed E-state index contributed by atoms with van der Waals surface area (Å²) in [4.78, 5) is 33.7. The lowest BCUT2D eigenvalue weighted by atomic mass is 10.2. The molecule has 0 aliphatic carbocycles. The van der Waals surface area contributed by atoms with Crippen LogP contribution in [0, 0.1) is 5.82 Å². The summed E-state index contributed by atoms with van der Waals surface area (Å²) in [6.45, 7) is 1.82. The maximum Gasteiger partial charge on any atom is 0.266 e. The summed E-state index contributed by atoms with van der Waals surface area (Å²) >= 11 is 12.4. The van der Waals surface area contributed by atoms with Gasteiger partial charge in [0.15, 0.2) is 11.5 Å². The van der Waals surface area contributed by atoms with Crippen LogP contribution >= 0.6 is 23.2 Å². The first-order valence-electron chi connectivity index (χ1n) is 9.50. The number of rotatable bonds is 4. The second-order valence-electron chi connectivity index (χ2n) is 7.09. The van der Waals surface area contributed by atoms with Gasteiger partial charge in [-0.25, -0.2) is 24.3 Å². The highest BCUT2D eigenvalue weighted by Crippen LogP contribution is 2.26. The molecule has 3 heterocycles. The van der Waals surface area contributed by atoms with Gasteiger partial charge in [-0.15, -0.1) is 0 Å². The van der Waals surface area contributed by atoms with Gasteiger partial charge in [0.1, 0.15) is 23.5 Å². The SMILES string of the molecule is C[C@@H](Nc1ncnc2[nH]cnc12)c1nc2ccc(F)cc2c(=O)n1-c1cc(Cl)cc(Cl)c1. The summed E-state index contributed by atoms with van der Waals surface area (Å²) in [6.07, 6.45) is 2.91. The Balaban J connectivity index is 1.73. The summed E-state index contributed by atoms with van der Waals surface area (Å²) < 4.78 is 15.3. The van der Waals surface area contributed by atoms with Crippen molar-refractivity contribution in [1.29, 1.82) is 0 Å². The van der Waals surface area contributed by atoms with Crippen molar-refractivity contribution in [2.24, 2.45) is 0 Å². The largest absolute Gasteiger partial charge is 0.358 e. The second kappa shape index (κ2) is 7.85. The monoisotopic (exact) mass is 469 g/mol. The first-order chi connectivity index (χ1) is 15.4. The van der Waals surface area contributed by atoms with Gasteiger partial charge in [0.25, 0.3) is 5.56 Å². The van der Waals surface area contributed by atoms with Crippen LogP contribution in [0.15, 0.2) is 53.8 Å². The molecule has 32 heavy (non-hydrogen) atoms. The van der Waals surface area contributed by atoms with Gasteiger partial charge < -0.3 is 10.3 Å². The minimum absolute atomic E-state index is 0.133. The number of nitrogens with zero attached hydrogens (tertiary/aromatic N) is 5. The lowest BCUT2D eigenvalue weighted by Crippen LogP contribution is -2.27. The van der Waals surface area contributed by atoms with E-state index in [0.29, 0.717) is 44.1 Å². The van der Waals surface area contributed by atoms with Gasteiger partial charge in [0, 0.05) is 10.0 Å². The molecule has 0 aliphatic rings. The molecule has 1 atom stereocenters. The number of nitrogens with one attached hydrogen (secondary N) is 2. The maximum absolute atomic E-state index is 13.9. The number of benzene rings is 2. The first-order valence-corrected chi connectivity index (χ1v) is 10.3. The van der Waals surface area contributed by atoms with Crippen LogP contribution in [0.3, 0.4) is 0 Å². The summed E-state index contributed by atoms with van der Waals surface area (Å²) in [6, 6.07) is 8.12. The molecule has 0 bridgehead atoms. The smallest absolute Gasteiger partial charge is 0.266 e. The van der Waals surface area contributed by atoms with Crippen LogP contribution in [0.25, 0.3) is 27.8 Å². The molecule has 5 rings (SSSR count). The normalized spacial score (nSPS) is 12.4. The second-order valence-corrected chi connectivity index (χ2v) is 7.96. The molecule has 0 amide bonds. The molecule has 3 aromatic heterocycles. The van der Waals surface area contributed by atoms with Crippen molar-refractivity contribution >= 4 is 51.1 Å². The van der Waals surface area contributed by atoms with E-state index < -0.39 is 17.4 Å². The van der Waals surface area contributed by atoms with E-state index in [1.54, 1.807) is 18.2 Å². The number of fused-ring (bicyclic) bond motifs is 2. The van der Waals surface area contributed by atoms with E-state index in [9.17, 15) is 9.18 Å². The fourth-order valence-electron chi connectivity index (χ4n) is 3.52. The zero-order chi connectivity index (χ0) is 22.4. The van der Waals surface area contributed by atoms with Crippen LogP contribution in [0.1, 0.15) is 18.8 Å². The van der Waals surface area contributed by atoms with Gasteiger partial charge in [0.05, 0.1) is 29.0 Å². The molecule has 11 heteroatoms. The van der Waals surface area contributed by atoms with Crippen molar-refractivity contribution in [3.63, 3.8) is 0 Å². The van der Waals surface area contributed by atoms with Crippen molar-refractivity contribution in [2.75, 3.05) is 5.32 Å². The van der Waals surface area contributed by atoms with Crippen LogP contribution in [-0.2, 0) is 0 Å². The minimum Gasteiger partial charge on any atom is -0.358 e. The molecule has 0 fully saturated rings. The molecule has 160 valence electrons. The van der Waals surface area contributed by atoms with Crippen molar-refractivity contribution in [3.8, 4) is 5.69 Å². The van der Waals surface area contributed by atoms with Crippen molar-refractivity contribution in [3.05, 3.63) is 81.1 Å². The van der Waals surface area contributed by atoms with E-state index in [0.717, 1.165) is 6.07 Å². The van der Waals surface area contributed by atoms with Gasteiger partial charge in [-0.3, -0.25) is 9.36 Å². The van der Waals surface area contributed by atoms with Gasteiger partial charge in [-0.2, -0.15) is 0 Å². The topological polar surface area (TPSA) is 101 Å². The van der Waals surface area contributed by atoms with Crippen LogP contribution < -0.4 is 10.9 Å². The van der Waals surface area contributed by atoms with Crippen molar-refractivity contribution < 1.29 is 4.39 Å². The van der Waals surface area contributed by atoms with Gasteiger partial charge in [0.2, 0.25) is 0 Å². The lowest BCUT2D eigenvalue weighted by molar-refractivity contribution is 0.629. The van der Waals surface area contributed by atoms with E-state index >= 15 is 0 Å². The Morgan fingerprint density at radius 3 is 2.66 bits per heavy atom. The number of imidazole rings is 1. The number of anilines is 1. The fourth-order valence-corrected chi connectivity index (χ4v) is 4.04. The zero-order valence-electron chi connectivity index (χ0n) is 16.5. The Morgan fingerprint density at radius 1 is 1.09 bits per heavy atom. The fraction of sp³-hybridized carbons (Fsp3) is 0.0952. The molecular formula is C21H14Cl2FN7O. The first kappa shape index (κ1) is 20.3. The van der Waals surface area contributed by atoms with Gasteiger partial charge in [-0.1, -0.05) is 23.2 Å². The van der Waals surface area contributed by atoms with Gasteiger partial charge >= 0.3 is 0 Å². The Bertz CT molecular complexity index is 1530. The average molecular weight is 470 g/mol. The predicted octanol–water partition coefficient (Wildman–Crippen LogP) is 4.67. The third-order valence-corrected chi connectivity index (χ3v) is 5.36. The molecular weight excluding hydrogens is 456 g/mol. The molecule has 2 aromatic carbocycles. The van der Waals surface area contributed by atoms with E-state index in [1.165, 1.54) is 29.4 Å². The summed E-state index contributed by atoms with van der Waals surface area (Å²) in [5.74, 6) is 0.288. The van der Waals surface area contributed by atoms with E-state index in [2.05, 4.69) is 30.2 Å². The molecule has 0 saturated carbocycles. The summed E-state index contributed by atoms with van der Waals surface area (Å²) in [5, 5.41) is 4.06. The Labute approximate surface area is 190 Å². The van der Waals surface area contributed by atoms with Gasteiger partial charge in [-0.05, 0) is 43.3 Å². The average Bonchev–Trinajstić information content (AvgIpc) is 3.23. The molecule has 0 aliphatic heterocycles. The van der Waals surface area contributed by atoms with E-state index in [1.807, 2.05) is 6.92 Å².